The smallest absolute Gasteiger partial charge is 0.127 e. The van der Waals surface area contributed by atoms with E-state index in [2.05, 4.69) is 11.8 Å². The predicted octanol–water partition coefficient (Wildman–Crippen LogP) is 2.38. The van der Waals surface area contributed by atoms with Gasteiger partial charge in [0, 0.05) is 24.2 Å². The van der Waals surface area contributed by atoms with E-state index in [9.17, 15) is 4.39 Å². The normalized spacial score (nSPS) is 15.1. The standard InChI is InChI=1S/C13H21FN2/c1-10(15)8-11(2)16(3)9-12-6-4-5-7-13(12)14/h4-7,10-11H,8-9,15H2,1-3H3. The van der Waals surface area contributed by atoms with Gasteiger partial charge in [0.15, 0.2) is 0 Å². The van der Waals surface area contributed by atoms with Crippen LogP contribution in [0.1, 0.15) is 25.8 Å². The lowest BCUT2D eigenvalue weighted by molar-refractivity contribution is 0.227. The number of rotatable bonds is 5. The van der Waals surface area contributed by atoms with E-state index in [0.717, 1.165) is 12.0 Å². The van der Waals surface area contributed by atoms with Gasteiger partial charge in [0.1, 0.15) is 5.82 Å². The fraction of sp³-hybridized carbons (Fsp3) is 0.538. The molecular formula is C13H21FN2. The van der Waals surface area contributed by atoms with Gasteiger partial charge in [-0.3, -0.25) is 4.90 Å². The van der Waals surface area contributed by atoms with Crippen molar-refractivity contribution in [2.45, 2.75) is 38.9 Å². The van der Waals surface area contributed by atoms with Crippen molar-refractivity contribution in [3.05, 3.63) is 35.6 Å². The van der Waals surface area contributed by atoms with Crippen LogP contribution in [0.4, 0.5) is 4.39 Å². The Morgan fingerprint density at radius 2 is 1.94 bits per heavy atom. The Morgan fingerprint density at radius 3 is 2.50 bits per heavy atom. The second kappa shape index (κ2) is 5.97. The molecule has 2 N–H and O–H groups in total. The SMILES string of the molecule is CC(N)CC(C)N(C)Cc1ccccc1F. The van der Waals surface area contributed by atoms with Gasteiger partial charge in [-0.1, -0.05) is 18.2 Å². The lowest BCUT2D eigenvalue weighted by Gasteiger charge is -2.26. The molecule has 0 saturated heterocycles. The third-order valence-electron chi connectivity index (χ3n) is 2.84. The van der Waals surface area contributed by atoms with Gasteiger partial charge in [0.2, 0.25) is 0 Å². The highest BCUT2D eigenvalue weighted by Gasteiger charge is 2.12. The first kappa shape index (κ1) is 13.1. The molecule has 2 unspecified atom stereocenters. The quantitative estimate of drug-likeness (QED) is 0.832. The van der Waals surface area contributed by atoms with Gasteiger partial charge in [-0.2, -0.15) is 0 Å². The molecule has 0 aliphatic carbocycles. The van der Waals surface area contributed by atoms with Crippen LogP contribution < -0.4 is 5.73 Å². The van der Waals surface area contributed by atoms with E-state index in [1.54, 1.807) is 6.07 Å². The Bertz CT molecular complexity index is 325. The summed E-state index contributed by atoms with van der Waals surface area (Å²) >= 11 is 0. The molecule has 0 radical (unpaired) electrons. The molecule has 2 atom stereocenters. The van der Waals surface area contributed by atoms with Crippen LogP contribution in [0.3, 0.4) is 0 Å². The molecule has 0 aliphatic rings. The number of benzene rings is 1. The fourth-order valence-corrected chi connectivity index (χ4v) is 1.77. The summed E-state index contributed by atoms with van der Waals surface area (Å²) in [6.07, 6.45) is 0.922. The Balaban J connectivity index is 2.57. The van der Waals surface area contributed by atoms with Crippen molar-refractivity contribution >= 4 is 0 Å². The van der Waals surface area contributed by atoms with E-state index in [1.165, 1.54) is 6.07 Å². The molecule has 16 heavy (non-hydrogen) atoms. The summed E-state index contributed by atoms with van der Waals surface area (Å²) < 4.78 is 13.4. The number of halogens is 1. The van der Waals surface area contributed by atoms with E-state index in [-0.39, 0.29) is 11.9 Å². The van der Waals surface area contributed by atoms with E-state index >= 15 is 0 Å². The van der Waals surface area contributed by atoms with Crippen molar-refractivity contribution in [2.75, 3.05) is 7.05 Å². The van der Waals surface area contributed by atoms with Crippen molar-refractivity contribution in [3.8, 4) is 0 Å². The molecule has 90 valence electrons. The monoisotopic (exact) mass is 224 g/mol. The van der Waals surface area contributed by atoms with E-state index in [0.29, 0.717) is 12.6 Å². The minimum absolute atomic E-state index is 0.137. The molecule has 0 fully saturated rings. The lowest BCUT2D eigenvalue weighted by Crippen LogP contribution is -2.33. The minimum Gasteiger partial charge on any atom is -0.328 e. The molecule has 3 heteroatoms. The van der Waals surface area contributed by atoms with Crippen molar-refractivity contribution in [1.82, 2.24) is 4.90 Å². The first-order chi connectivity index (χ1) is 7.50. The molecule has 0 amide bonds. The van der Waals surface area contributed by atoms with E-state index in [4.69, 9.17) is 5.73 Å². The maximum absolute atomic E-state index is 13.4. The van der Waals surface area contributed by atoms with Crippen LogP contribution in [0.15, 0.2) is 24.3 Å². The van der Waals surface area contributed by atoms with Gasteiger partial charge in [0.05, 0.1) is 0 Å². The Hall–Kier alpha value is -0.930. The summed E-state index contributed by atoms with van der Waals surface area (Å²) in [6, 6.07) is 7.44. The largest absolute Gasteiger partial charge is 0.328 e. The van der Waals surface area contributed by atoms with Crippen molar-refractivity contribution in [3.63, 3.8) is 0 Å². The first-order valence-electron chi connectivity index (χ1n) is 5.70. The van der Waals surface area contributed by atoms with Crippen LogP contribution in [0, 0.1) is 5.82 Å². The summed E-state index contributed by atoms with van der Waals surface area (Å²) in [5.41, 5.74) is 6.49. The van der Waals surface area contributed by atoms with E-state index < -0.39 is 0 Å². The highest BCUT2D eigenvalue weighted by Crippen LogP contribution is 2.12. The molecular weight excluding hydrogens is 203 g/mol. The second-order valence-corrected chi connectivity index (χ2v) is 4.57. The lowest BCUT2D eigenvalue weighted by atomic mass is 10.1. The second-order valence-electron chi connectivity index (χ2n) is 4.57. The van der Waals surface area contributed by atoms with Crippen molar-refractivity contribution < 1.29 is 4.39 Å². The zero-order chi connectivity index (χ0) is 12.1. The highest BCUT2D eigenvalue weighted by molar-refractivity contribution is 5.17. The summed E-state index contributed by atoms with van der Waals surface area (Å²) in [4.78, 5) is 2.13. The van der Waals surface area contributed by atoms with Crippen LogP contribution >= 0.6 is 0 Å². The molecule has 2 nitrogen and oxygen atoms in total. The minimum atomic E-state index is -0.137. The Kier molecular flexibility index (Phi) is 4.90. The Morgan fingerprint density at radius 1 is 1.31 bits per heavy atom. The third kappa shape index (κ3) is 3.91. The number of hydrogen-bond acceptors (Lipinski definition) is 2. The average Bonchev–Trinajstić information content (AvgIpc) is 2.20. The van der Waals surface area contributed by atoms with Crippen LogP contribution in [0.25, 0.3) is 0 Å². The van der Waals surface area contributed by atoms with E-state index in [1.807, 2.05) is 26.1 Å². The summed E-state index contributed by atoms with van der Waals surface area (Å²) in [5, 5.41) is 0. The molecule has 0 saturated carbocycles. The van der Waals surface area contributed by atoms with Crippen LogP contribution in [-0.4, -0.2) is 24.0 Å². The predicted molar refractivity (Wildman–Crippen MR) is 65.6 cm³/mol. The summed E-state index contributed by atoms with van der Waals surface area (Å²) in [6.45, 7) is 4.73. The number of nitrogens with two attached hydrogens (primary N) is 1. The molecule has 0 aliphatic heterocycles. The maximum Gasteiger partial charge on any atom is 0.127 e. The van der Waals surface area contributed by atoms with Gasteiger partial charge < -0.3 is 5.73 Å². The summed E-state index contributed by atoms with van der Waals surface area (Å²) in [5.74, 6) is -0.137. The fourth-order valence-electron chi connectivity index (χ4n) is 1.77. The van der Waals surface area contributed by atoms with Crippen molar-refractivity contribution in [2.24, 2.45) is 5.73 Å². The van der Waals surface area contributed by atoms with Crippen molar-refractivity contribution in [1.29, 1.82) is 0 Å². The molecule has 0 spiro atoms. The Labute approximate surface area is 97.3 Å². The van der Waals surface area contributed by atoms with Gasteiger partial charge in [-0.25, -0.2) is 4.39 Å². The number of nitrogens with zero attached hydrogens (tertiary/aromatic N) is 1. The van der Waals surface area contributed by atoms with Gasteiger partial charge in [-0.05, 0) is 33.4 Å². The zero-order valence-electron chi connectivity index (χ0n) is 10.3. The third-order valence-corrected chi connectivity index (χ3v) is 2.84. The number of hydrogen-bond donors (Lipinski definition) is 1. The molecule has 1 aromatic carbocycles. The van der Waals surface area contributed by atoms with Crippen LogP contribution in [-0.2, 0) is 6.54 Å². The maximum atomic E-state index is 13.4. The van der Waals surface area contributed by atoms with Gasteiger partial charge in [-0.15, -0.1) is 0 Å². The summed E-state index contributed by atoms with van der Waals surface area (Å²) in [7, 11) is 2.00. The zero-order valence-corrected chi connectivity index (χ0v) is 10.3. The first-order valence-corrected chi connectivity index (χ1v) is 5.70. The van der Waals surface area contributed by atoms with Crippen LogP contribution in [0.2, 0.25) is 0 Å². The van der Waals surface area contributed by atoms with Gasteiger partial charge >= 0.3 is 0 Å². The topological polar surface area (TPSA) is 29.3 Å². The average molecular weight is 224 g/mol. The highest BCUT2D eigenvalue weighted by atomic mass is 19.1. The molecule has 1 aromatic rings. The molecule has 0 aromatic heterocycles. The van der Waals surface area contributed by atoms with Gasteiger partial charge in [0.25, 0.3) is 0 Å². The van der Waals surface area contributed by atoms with Crippen LogP contribution in [0.5, 0.6) is 0 Å². The molecule has 1 rings (SSSR count). The molecule has 0 heterocycles. The molecule has 0 bridgehead atoms.